The molecular formula is C21H19BrN2O. The first-order valence-electron chi connectivity index (χ1n) is 8.24. The first-order chi connectivity index (χ1) is 11.8. The number of fused-ring (bicyclic) bond motifs is 3. The van der Waals surface area contributed by atoms with E-state index in [-0.39, 0.29) is 11.2 Å². The van der Waals surface area contributed by atoms with Crippen molar-refractivity contribution in [1.82, 2.24) is 9.55 Å². The summed E-state index contributed by atoms with van der Waals surface area (Å²) in [6.07, 6.45) is 1.86. The van der Waals surface area contributed by atoms with Gasteiger partial charge in [0.1, 0.15) is 11.6 Å². The number of benzene rings is 2. The van der Waals surface area contributed by atoms with Crippen LogP contribution in [0, 0.1) is 0 Å². The Hall–Kier alpha value is -2.33. The maximum absolute atomic E-state index is 10.0. The highest BCUT2D eigenvalue weighted by atomic mass is 79.9. The molecule has 1 N–H and O–H groups in total. The van der Waals surface area contributed by atoms with E-state index in [2.05, 4.69) is 70.5 Å². The molecule has 0 unspecified atom stereocenters. The summed E-state index contributed by atoms with van der Waals surface area (Å²) in [6.45, 7) is 6.59. The van der Waals surface area contributed by atoms with Crippen molar-refractivity contribution in [2.24, 2.45) is 0 Å². The van der Waals surface area contributed by atoms with Gasteiger partial charge in [0.2, 0.25) is 0 Å². The monoisotopic (exact) mass is 394 g/mol. The molecule has 2 aromatic heterocycles. The Bertz CT molecular complexity index is 1110. The highest BCUT2D eigenvalue weighted by Crippen LogP contribution is 2.35. The smallest absolute Gasteiger partial charge is 0.137 e. The van der Waals surface area contributed by atoms with Crippen LogP contribution in [0.2, 0.25) is 0 Å². The quantitative estimate of drug-likeness (QED) is 0.433. The third-order valence-electron chi connectivity index (χ3n) is 4.55. The van der Waals surface area contributed by atoms with Gasteiger partial charge in [-0.15, -0.1) is 0 Å². The summed E-state index contributed by atoms with van der Waals surface area (Å²) in [6, 6.07) is 15.9. The highest BCUT2D eigenvalue weighted by Gasteiger charge is 2.18. The second kappa shape index (κ2) is 5.60. The molecule has 0 aliphatic heterocycles. The van der Waals surface area contributed by atoms with Gasteiger partial charge >= 0.3 is 0 Å². The lowest BCUT2D eigenvalue weighted by Gasteiger charge is -2.20. The van der Waals surface area contributed by atoms with Crippen molar-refractivity contribution in [3.8, 4) is 11.6 Å². The summed E-state index contributed by atoms with van der Waals surface area (Å²) in [5.41, 5.74) is 3.29. The molecule has 0 amide bonds. The summed E-state index contributed by atoms with van der Waals surface area (Å²) in [5.74, 6) is 1.11. The number of phenols is 1. The number of hydrogen-bond acceptors (Lipinski definition) is 2. The summed E-state index contributed by atoms with van der Waals surface area (Å²) in [4.78, 5) is 4.62. The molecule has 0 atom stereocenters. The SMILES string of the molecule is CC(C)(C)c1ccnc(-n2c3ccc(Br)cc3c3ccc(O)cc32)c1. The minimum Gasteiger partial charge on any atom is -0.508 e. The molecule has 2 aromatic carbocycles. The number of halogens is 1. The van der Waals surface area contributed by atoms with Gasteiger partial charge in [-0.2, -0.15) is 0 Å². The van der Waals surface area contributed by atoms with Gasteiger partial charge in [-0.25, -0.2) is 4.98 Å². The third-order valence-corrected chi connectivity index (χ3v) is 5.05. The van der Waals surface area contributed by atoms with E-state index < -0.39 is 0 Å². The van der Waals surface area contributed by atoms with Gasteiger partial charge in [0.05, 0.1) is 11.0 Å². The standard InChI is InChI=1S/C21H19BrN2O/c1-21(2,3)13-8-9-23-20(10-13)24-18-7-4-14(22)11-17(18)16-6-5-15(25)12-19(16)24/h4-12,25H,1-3H3. The third kappa shape index (κ3) is 2.71. The van der Waals surface area contributed by atoms with Crippen LogP contribution >= 0.6 is 15.9 Å². The van der Waals surface area contributed by atoms with Gasteiger partial charge in [0.25, 0.3) is 0 Å². The normalized spacial score (nSPS) is 12.2. The number of hydrogen-bond donors (Lipinski definition) is 1. The highest BCUT2D eigenvalue weighted by molar-refractivity contribution is 9.10. The van der Waals surface area contributed by atoms with Crippen LogP contribution in [0.3, 0.4) is 0 Å². The molecule has 0 spiro atoms. The second-order valence-electron chi connectivity index (χ2n) is 7.35. The topological polar surface area (TPSA) is 38.0 Å². The Morgan fingerprint density at radius 3 is 2.48 bits per heavy atom. The van der Waals surface area contributed by atoms with Crippen LogP contribution in [-0.2, 0) is 5.41 Å². The molecular weight excluding hydrogens is 376 g/mol. The molecule has 0 aliphatic rings. The lowest BCUT2D eigenvalue weighted by Crippen LogP contribution is -2.12. The number of phenolic OH excluding ortho intramolecular Hbond substituents is 1. The second-order valence-corrected chi connectivity index (χ2v) is 8.27. The summed E-state index contributed by atoms with van der Waals surface area (Å²) in [7, 11) is 0. The largest absolute Gasteiger partial charge is 0.508 e. The number of nitrogens with zero attached hydrogens (tertiary/aromatic N) is 2. The van der Waals surface area contributed by atoms with Gasteiger partial charge in [-0.1, -0.05) is 36.7 Å². The Balaban J connectivity index is 2.11. The average molecular weight is 395 g/mol. The van der Waals surface area contributed by atoms with E-state index in [0.717, 1.165) is 32.1 Å². The van der Waals surface area contributed by atoms with Crippen molar-refractivity contribution < 1.29 is 5.11 Å². The predicted molar refractivity (Wildman–Crippen MR) is 107 cm³/mol. The van der Waals surface area contributed by atoms with Gasteiger partial charge in [-0.05, 0) is 53.4 Å². The van der Waals surface area contributed by atoms with Gasteiger partial charge < -0.3 is 5.11 Å². The number of pyridine rings is 1. The van der Waals surface area contributed by atoms with Crippen LogP contribution in [0.25, 0.3) is 27.6 Å². The van der Waals surface area contributed by atoms with E-state index >= 15 is 0 Å². The lowest BCUT2D eigenvalue weighted by atomic mass is 9.88. The van der Waals surface area contributed by atoms with Gasteiger partial charge in [-0.3, -0.25) is 4.57 Å². The Morgan fingerprint density at radius 2 is 1.72 bits per heavy atom. The minimum absolute atomic E-state index is 0.0433. The average Bonchev–Trinajstić information content (AvgIpc) is 2.87. The molecule has 0 saturated carbocycles. The summed E-state index contributed by atoms with van der Waals surface area (Å²) >= 11 is 3.56. The number of rotatable bonds is 1. The van der Waals surface area contributed by atoms with Gasteiger partial charge in [0, 0.05) is 27.5 Å². The maximum atomic E-state index is 10.0. The van der Waals surface area contributed by atoms with E-state index in [1.165, 1.54) is 5.56 Å². The van der Waals surface area contributed by atoms with Crippen molar-refractivity contribution in [3.63, 3.8) is 0 Å². The molecule has 4 rings (SSSR count). The van der Waals surface area contributed by atoms with Crippen molar-refractivity contribution in [2.75, 3.05) is 0 Å². The molecule has 0 saturated heterocycles. The van der Waals surface area contributed by atoms with Crippen LogP contribution in [0.15, 0.2) is 59.2 Å². The molecule has 0 fully saturated rings. The number of aromatic hydroxyl groups is 1. The first-order valence-corrected chi connectivity index (χ1v) is 9.03. The van der Waals surface area contributed by atoms with Crippen LogP contribution < -0.4 is 0 Å². The van der Waals surface area contributed by atoms with E-state index in [4.69, 9.17) is 0 Å². The first kappa shape index (κ1) is 16.2. The Labute approximate surface area is 155 Å². The van der Waals surface area contributed by atoms with Crippen molar-refractivity contribution in [1.29, 1.82) is 0 Å². The Morgan fingerprint density at radius 1 is 0.920 bits per heavy atom. The van der Waals surface area contributed by atoms with E-state index in [0.29, 0.717) is 0 Å². The molecule has 126 valence electrons. The predicted octanol–water partition coefficient (Wildman–Crippen LogP) is 5.94. The molecule has 0 aliphatic carbocycles. The summed E-state index contributed by atoms with van der Waals surface area (Å²) in [5, 5.41) is 12.2. The molecule has 4 heteroatoms. The maximum Gasteiger partial charge on any atom is 0.137 e. The Kier molecular flexibility index (Phi) is 3.62. The fraction of sp³-hybridized carbons (Fsp3) is 0.190. The minimum atomic E-state index is 0.0433. The zero-order valence-corrected chi connectivity index (χ0v) is 16.0. The van der Waals surface area contributed by atoms with Crippen molar-refractivity contribution in [3.05, 3.63) is 64.8 Å². The van der Waals surface area contributed by atoms with Crippen LogP contribution in [0.1, 0.15) is 26.3 Å². The zero-order chi connectivity index (χ0) is 17.8. The fourth-order valence-electron chi connectivity index (χ4n) is 3.24. The van der Waals surface area contributed by atoms with E-state index in [1.807, 2.05) is 18.3 Å². The van der Waals surface area contributed by atoms with E-state index in [1.54, 1.807) is 12.1 Å². The molecule has 0 radical (unpaired) electrons. The molecule has 0 bridgehead atoms. The zero-order valence-electron chi connectivity index (χ0n) is 14.4. The van der Waals surface area contributed by atoms with Gasteiger partial charge in [0.15, 0.2) is 0 Å². The van der Waals surface area contributed by atoms with Crippen LogP contribution in [0.4, 0.5) is 0 Å². The molecule has 3 nitrogen and oxygen atoms in total. The van der Waals surface area contributed by atoms with Crippen LogP contribution in [0.5, 0.6) is 5.75 Å². The summed E-state index contributed by atoms with van der Waals surface area (Å²) < 4.78 is 3.15. The molecule has 2 heterocycles. The van der Waals surface area contributed by atoms with Crippen LogP contribution in [-0.4, -0.2) is 14.7 Å². The van der Waals surface area contributed by atoms with Crippen molar-refractivity contribution in [2.45, 2.75) is 26.2 Å². The number of aromatic nitrogens is 2. The molecule has 4 aromatic rings. The fourth-order valence-corrected chi connectivity index (χ4v) is 3.60. The van der Waals surface area contributed by atoms with E-state index in [9.17, 15) is 5.11 Å². The van der Waals surface area contributed by atoms with Crippen molar-refractivity contribution >= 4 is 37.7 Å². The molecule has 25 heavy (non-hydrogen) atoms. The lowest BCUT2D eigenvalue weighted by molar-refractivity contribution is 0.476.